The van der Waals surface area contributed by atoms with Crippen LogP contribution in [0.4, 0.5) is 20.7 Å². The molecule has 0 fully saturated rings. The molecular formula is C21H17FN4O. The van der Waals surface area contributed by atoms with E-state index in [9.17, 15) is 9.18 Å². The molecule has 6 heteroatoms. The Bertz CT molecular complexity index is 1100. The Morgan fingerprint density at radius 2 is 1.70 bits per heavy atom. The average molecular weight is 360 g/mol. The zero-order valence-corrected chi connectivity index (χ0v) is 14.6. The fraction of sp³-hybridized carbons (Fsp3) is 0.0476. The highest BCUT2D eigenvalue weighted by atomic mass is 19.1. The number of benzene rings is 2. The van der Waals surface area contributed by atoms with Crippen molar-refractivity contribution in [2.45, 2.75) is 6.92 Å². The minimum atomic E-state index is -0.382. The first-order valence-electron chi connectivity index (χ1n) is 8.48. The van der Waals surface area contributed by atoms with Gasteiger partial charge in [0.1, 0.15) is 23.0 Å². The second-order valence-corrected chi connectivity index (χ2v) is 6.19. The van der Waals surface area contributed by atoms with Crippen molar-refractivity contribution in [2.75, 3.05) is 10.6 Å². The Balaban J connectivity index is 1.69. The van der Waals surface area contributed by atoms with E-state index in [0.717, 1.165) is 5.56 Å². The molecule has 0 unspecified atom stereocenters. The van der Waals surface area contributed by atoms with E-state index in [1.807, 2.05) is 55.6 Å². The number of hydrogen-bond donors (Lipinski definition) is 2. The van der Waals surface area contributed by atoms with Crippen molar-refractivity contribution in [1.82, 2.24) is 9.38 Å². The number of aromatic nitrogens is 2. The quantitative estimate of drug-likeness (QED) is 0.534. The molecule has 2 amide bonds. The lowest BCUT2D eigenvalue weighted by Gasteiger charge is -2.10. The second kappa shape index (κ2) is 6.92. The number of carbonyl (C=O) groups excluding carboxylic acids is 1. The number of hydrogen-bond acceptors (Lipinski definition) is 2. The predicted molar refractivity (Wildman–Crippen MR) is 104 cm³/mol. The van der Waals surface area contributed by atoms with Crippen LogP contribution in [-0.4, -0.2) is 15.4 Å². The summed E-state index contributed by atoms with van der Waals surface area (Å²) in [6.45, 7) is 1.98. The molecular weight excluding hydrogens is 343 g/mol. The molecule has 2 aromatic heterocycles. The molecule has 0 aliphatic heterocycles. The van der Waals surface area contributed by atoms with Crippen LogP contribution in [-0.2, 0) is 0 Å². The molecule has 0 saturated carbocycles. The van der Waals surface area contributed by atoms with Crippen molar-refractivity contribution < 1.29 is 9.18 Å². The van der Waals surface area contributed by atoms with Crippen molar-refractivity contribution >= 4 is 23.2 Å². The van der Waals surface area contributed by atoms with Gasteiger partial charge in [-0.3, -0.25) is 9.72 Å². The van der Waals surface area contributed by atoms with Crippen LogP contribution in [0.3, 0.4) is 0 Å². The van der Waals surface area contributed by atoms with Crippen LogP contribution in [0.5, 0.6) is 0 Å². The predicted octanol–water partition coefficient (Wildman–Crippen LogP) is 5.09. The number of amides is 2. The summed E-state index contributed by atoms with van der Waals surface area (Å²) in [6.07, 6.45) is 1.82. The molecule has 0 saturated heterocycles. The molecule has 0 aliphatic carbocycles. The highest BCUT2D eigenvalue weighted by Gasteiger charge is 2.16. The maximum absolute atomic E-state index is 13.3. The molecule has 0 aliphatic rings. The van der Waals surface area contributed by atoms with Gasteiger partial charge in [-0.2, -0.15) is 0 Å². The number of pyridine rings is 1. The fourth-order valence-electron chi connectivity index (χ4n) is 2.83. The van der Waals surface area contributed by atoms with Gasteiger partial charge in [0.05, 0.1) is 0 Å². The third-order valence-electron chi connectivity index (χ3n) is 4.19. The Morgan fingerprint density at radius 1 is 0.963 bits per heavy atom. The molecule has 2 N–H and O–H groups in total. The van der Waals surface area contributed by atoms with E-state index < -0.39 is 0 Å². The number of nitrogens with one attached hydrogen (secondary N) is 2. The number of urea groups is 1. The van der Waals surface area contributed by atoms with Gasteiger partial charge in [-0.15, -0.1) is 0 Å². The number of fused-ring (bicyclic) bond motifs is 1. The summed E-state index contributed by atoms with van der Waals surface area (Å²) in [6, 6.07) is 18.7. The van der Waals surface area contributed by atoms with Gasteiger partial charge in [-0.1, -0.05) is 23.8 Å². The Labute approximate surface area is 155 Å². The van der Waals surface area contributed by atoms with Gasteiger partial charge in [0.2, 0.25) is 0 Å². The summed E-state index contributed by atoms with van der Waals surface area (Å²) in [7, 11) is 0. The maximum atomic E-state index is 13.3. The SMILES string of the molecule is Cc1ccc(NC(=O)Nc2c(-c3ccc(F)cc3)nc3ccccn23)cc1. The first kappa shape index (κ1) is 16.8. The molecule has 0 atom stereocenters. The Kier molecular flexibility index (Phi) is 4.30. The smallest absolute Gasteiger partial charge is 0.308 e. The minimum absolute atomic E-state index is 0.325. The number of anilines is 2. The molecule has 134 valence electrons. The highest BCUT2D eigenvalue weighted by molar-refractivity contribution is 6.01. The number of aryl methyl sites for hydroxylation is 1. The van der Waals surface area contributed by atoms with Gasteiger partial charge >= 0.3 is 6.03 Å². The van der Waals surface area contributed by atoms with Crippen LogP contribution < -0.4 is 10.6 Å². The maximum Gasteiger partial charge on any atom is 0.324 e. The van der Waals surface area contributed by atoms with Gasteiger partial charge in [0, 0.05) is 17.4 Å². The number of rotatable bonds is 3. The Hall–Kier alpha value is -3.67. The molecule has 2 aromatic carbocycles. The third-order valence-corrected chi connectivity index (χ3v) is 4.19. The van der Waals surface area contributed by atoms with Crippen molar-refractivity contribution in [3.63, 3.8) is 0 Å². The summed E-state index contributed by atoms with van der Waals surface area (Å²) in [5.74, 6) is 0.191. The standard InChI is InChI=1S/C21H17FN4O/c1-14-5-11-17(12-6-14)23-21(27)25-20-19(15-7-9-16(22)10-8-15)24-18-4-2-3-13-26(18)20/h2-13H,1H3,(H2,23,25,27). The van der Waals surface area contributed by atoms with Gasteiger partial charge in [0.15, 0.2) is 0 Å². The first-order valence-corrected chi connectivity index (χ1v) is 8.48. The van der Waals surface area contributed by atoms with Crippen LogP contribution in [0.25, 0.3) is 16.9 Å². The van der Waals surface area contributed by atoms with E-state index in [2.05, 4.69) is 15.6 Å². The van der Waals surface area contributed by atoms with E-state index in [1.165, 1.54) is 12.1 Å². The van der Waals surface area contributed by atoms with Crippen molar-refractivity contribution in [3.8, 4) is 11.3 Å². The molecule has 5 nitrogen and oxygen atoms in total. The van der Waals surface area contributed by atoms with Crippen LogP contribution in [0.2, 0.25) is 0 Å². The number of halogens is 1. The second-order valence-electron chi connectivity index (χ2n) is 6.19. The zero-order chi connectivity index (χ0) is 18.8. The fourth-order valence-corrected chi connectivity index (χ4v) is 2.83. The van der Waals surface area contributed by atoms with E-state index in [0.29, 0.717) is 28.4 Å². The molecule has 4 rings (SSSR count). The van der Waals surface area contributed by atoms with Gasteiger partial charge in [0.25, 0.3) is 0 Å². The van der Waals surface area contributed by atoms with E-state index >= 15 is 0 Å². The normalized spacial score (nSPS) is 10.7. The topological polar surface area (TPSA) is 58.4 Å². The zero-order valence-electron chi connectivity index (χ0n) is 14.6. The lowest BCUT2D eigenvalue weighted by Crippen LogP contribution is -2.20. The molecule has 27 heavy (non-hydrogen) atoms. The summed E-state index contributed by atoms with van der Waals surface area (Å²) in [5, 5.41) is 5.68. The lowest BCUT2D eigenvalue weighted by atomic mass is 10.1. The van der Waals surface area contributed by atoms with E-state index in [4.69, 9.17) is 0 Å². The van der Waals surface area contributed by atoms with Crippen LogP contribution in [0, 0.1) is 12.7 Å². The van der Waals surface area contributed by atoms with Crippen molar-refractivity contribution in [2.24, 2.45) is 0 Å². The minimum Gasteiger partial charge on any atom is -0.308 e. The summed E-state index contributed by atoms with van der Waals surface area (Å²) in [5.41, 5.74) is 3.77. The monoisotopic (exact) mass is 360 g/mol. The molecule has 4 aromatic rings. The average Bonchev–Trinajstić information content (AvgIpc) is 3.03. The van der Waals surface area contributed by atoms with Crippen molar-refractivity contribution in [3.05, 3.63) is 84.3 Å². The van der Waals surface area contributed by atoms with Crippen LogP contribution in [0.15, 0.2) is 72.9 Å². The first-order chi connectivity index (χ1) is 13.1. The largest absolute Gasteiger partial charge is 0.324 e. The third kappa shape index (κ3) is 3.50. The Morgan fingerprint density at radius 3 is 2.44 bits per heavy atom. The molecule has 2 heterocycles. The number of nitrogens with zero attached hydrogens (tertiary/aromatic N) is 2. The van der Waals surface area contributed by atoms with E-state index in [1.54, 1.807) is 16.5 Å². The summed E-state index contributed by atoms with van der Waals surface area (Å²) in [4.78, 5) is 17.1. The molecule has 0 radical (unpaired) electrons. The van der Waals surface area contributed by atoms with Gasteiger partial charge in [-0.25, -0.2) is 14.2 Å². The summed E-state index contributed by atoms with van der Waals surface area (Å²) >= 11 is 0. The van der Waals surface area contributed by atoms with Crippen LogP contribution in [0.1, 0.15) is 5.56 Å². The van der Waals surface area contributed by atoms with Crippen LogP contribution >= 0.6 is 0 Å². The molecule has 0 bridgehead atoms. The summed E-state index contributed by atoms with van der Waals surface area (Å²) < 4.78 is 15.1. The highest BCUT2D eigenvalue weighted by Crippen LogP contribution is 2.29. The van der Waals surface area contributed by atoms with Gasteiger partial charge in [-0.05, 0) is 55.5 Å². The van der Waals surface area contributed by atoms with Gasteiger partial charge < -0.3 is 5.32 Å². The number of carbonyl (C=O) groups is 1. The number of imidazole rings is 1. The van der Waals surface area contributed by atoms with Crippen molar-refractivity contribution in [1.29, 1.82) is 0 Å². The lowest BCUT2D eigenvalue weighted by molar-refractivity contribution is 0.262. The molecule has 0 spiro atoms. The van der Waals surface area contributed by atoms with E-state index in [-0.39, 0.29) is 11.8 Å².